The molecular weight excluding hydrogens is 506 g/mol. The van der Waals surface area contributed by atoms with Crippen LogP contribution in [0, 0.1) is 6.92 Å². The minimum atomic E-state index is -0.201. The highest BCUT2D eigenvalue weighted by Gasteiger charge is 2.27. The second-order valence-corrected chi connectivity index (χ2v) is 10.9. The molecule has 0 atom stereocenters. The number of hydrogen-bond acceptors (Lipinski definition) is 7. The van der Waals surface area contributed by atoms with Crippen LogP contribution in [-0.4, -0.2) is 70.4 Å². The predicted octanol–water partition coefficient (Wildman–Crippen LogP) is 4.72. The fraction of sp³-hybridized carbons (Fsp3) is 0.500. The van der Waals surface area contributed by atoms with E-state index in [1.165, 1.54) is 0 Å². The van der Waals surface area contributed by atoms with Gasteiger partial charge in [-0.25, -0.2) is 0 Å². The summed E-state index contributed by atoms with van der Waals surface area (Å²) in [5.74, 6) is 1.60. The summed E-state index contributed by atoms with van der Waals surface area (Å²) >= 11 is 0. The van der Waals surface area contributed by atoms with E-state index < -0.39 is 0 Å². The molecule has 0 spiro atoms. The standard InChI is InChI=1S/C32H41N3O5/c1-22-29(36)25-8-6-9-26(31(25)40-30(22)23-12-14-24(38-2)15-13-23)32(37)33-16-7-17-34-18-20-35(21-19-34)27-10-4-5-11-28(27)39-3/h4-6,8-11,23-24H,7,12-21H2,1-3H3,(H,33,37). The summed E-state index contributed by atoms with van der Waals surface area (Å²) in [7, 11) is 3.46. The zero-order valence-electron chi connectivity index (χ0n) is 23.9. The van der Waals surface area contributed by atoms with E-state index in [9.17, 15) is 9.59 Å². The van der Waals surface area contributed by atoms with Crippen LogP contribution in [0.15, 0.2) is 51.7 Å². The predicted molar refractivity (Wildman–Crippen MR) is 158 cm³/mol. The van der Waals surface area contributed by atoms with Crippen molar-refractivity contribution in [1.82, 2.24) is 10.2 Å². The molecule has 214 valence electrons. The molecule has 8 nitrogen and oxygen atoms in total. The van der Waals surface area contributed by atoms with Crippen molar-refractivity contribution in [2.45, 2.75) is 51.0 Å². The van der Waals surface area contributed by atoms with Crippen LogP contribution in [0.5, 0.6) is 5.75 Å². The first kappa shape index (κ1) is 28.2. The number of methoxy groups -OCH3 is 2. The van der Waals surface area contributed by atoms with Crippen molar-refractivity contribution in [2.24, 2.45) is 0 Å². The Bertz CT molecular complexity index is 1370. The summed E-state index contributed by atoms with van der Waals surface area (Å²) in [5, 5.41) is 3.52. The average Bonchev–Trinajstić information content (AvgIpc) is 3.01. The van der Waals surface area contributed by atoms with Crippen molar-refractivity contribution in [2.75, 3.05) is 58.4 Å². The van der Waals surface area contributed by atoms with Crippen LogP contribution in [0.4, 0.5) is 5.69 Å². The maximum Gasteiger partial charge on any atom is 0.255 e. The van der Waals surface area contributed by atoms with E-state index >= 15 is 0 Å². The van der Waals surface area contributed by atoms with Gasteiger partial charge in [-0.05, 0) is 69.8 Å². The van der Waals surface area contributed by atoms with Gasteiger partial charge in [-0.1, -0.05) is 18.2 Å². The molecule has 0 radical (unpaired) electrons. The number of fused-ring (bicyclic) bond motifs is 1. The smallest absolute Gasteiger partial charge is 0.255 e. The maximum atomic E-state index is 13.2. The van der Waals surface area contributed by atoms with E-state index in [0.29, 0.717) is 28.6 Å². The van der Waals surface area contributed by atoms with E-state index in [1.807, 2.05) is 25.1 Å². The SMILES string of the molecule is COc1ccccc1N1CCN(CCCNC(=O)c2cccc3c(=O)c(C)c(C4CCC(OC)CC4)oc23)CC1. The third-order valence-electron chi connectivity index (χ3n) is 8.54. The van der Waals surface area contributed by atoms with Crippen LogP contribution in [0.25, 0.3) is 11.0 Å². The largest absolute Gasteiger partial charge is 0.495 e. The number of nitrogens with zero attached hydrogens (tertiary/aromatic N) is 2. The molecule has 2 heterocycles. The van der Waals surface area contributed by atoms with Gasteiger partial charge in [-0.15, -0.1) is 0 Å². The van der Waals surface area contributed by atoms with E-state index in [1.54, 1.807) is 32.4 Å². The van der Waals surface area contributed by atoms with Crippen molar-refractivity contribution < 1.29 is 18.7 Å². The molecule has 2 aliphatic rings. The summed E-state index contributed by atoms with van der Waals surface area (Å²) in [6.45, 7) is 7.13. The van der Waals surface area contributed by atoms with E-state index in [4.69, 9.17) is 13.9 Å². The Labute approximate surface area is 236 Å². The molecule has 1 N–H and O–H groups in total. The summed E-state index contributed by atoms with van der Waals surface area (Å²) in [6.07, 6.45) is 4.83. The lowest BCUT2D eigenvalue weighted by molar-refractivity contribution is 0.0638. The van der Waals surface area contributed by atoms with Crippen molar-refractivity contribution >= 4 is 22.6 Å². The first-order valence-corrected chi connectivity index (χ1v) is 14.5. The second-order valence-electron chi connectivity index (χ2n) is 10.9. The Morgan fingerprint density at radius 2 is 1.75 bits per heavy atom. The van der Waals surface area contributed by atoms with Gasteiger partial charge < -0.3 is 24.1 Å². The molecule has 1 aromatic heterocycles. The molecule has 2 aromatic carbocycles. The Kier molecular flexibility index (Phi) is 9.07. The fourth-order valence-electron chi connectivity index (χ4n) is 6.16. The highest BCUT2D eigenvalue weighted by atomic mass is 16.5. The number of rotatable bonds is 9. The average molecular weight is 548 g/mol. The quantitative estimate of drug-likeness (QED) is 0.388. The van der Waals surface area contributed by atoms with Crippen LogP contribution >= 0.6 is 0 Å². The molecule has 40 heavy (non-hydrogen) atoms. The minimum absolute atomic E-state index is 0.0490. The Morgan fingerprint density at radius 3 is 2.48 bits per heavy atom. The number of anilines is 1. The van der Waals surface area contributed by atoms with Crippen LogP contribution in [0.2, 0.25) is 0 Å². The number of para-hydroxylation sites is 3. The van der Waals surface area contributed by atoms with E-state index in [2.05, 4.69) is 21.2 Å². The van der Waals surface area contributed by atoms with Crippen molar-refractivity contribution in [1.29, 1.82) is 0 Å². The van der Waals surface area contributed by atoms with Gasteiger partial charge in [0, 0.05) is 51.3 Å². The number of amides is 1. The molecule has 0 unspecified atom stereocenters. The van der Waals surface area contributed by atoms with Gasteiger partial charge in [0.1, 0.15) is 11.5 Å². The molecule has 1 saturated heterocycles. The lowest BCUT2D eigenvalue weighted by Gasteiger charge is -2.36. The number of nitrogens with one attached hydrogen (secondary N) is 1. The Balaban J connectivity index is 1.17. The molecule has 0 bridgehead atoms. The van der Waals surface area contributed by atoms with Crippen molar-refractivity contribution in [3.8, 4) is 5.75 Å². The maximum absolute atomic E-state index is 13.2. The number of benzene rings is 2. The molecule has 5 rings (SSSR count). The minimum Gasteiger partial charge on any atom is -0.495 e. The Hall–Kier alpha value is -3.36. The zero-order chi connectivity index (χ0) is 28.1. The van der Waals surface area contributed by atoms with Crippen molar-refractivity contribution in [3.05, 3.63) is 69.6 Å². The lowest BCUT2D eigenvalue weighted by atomic mass is 9.84. The fourth-order valence-corrected chi connectivity index (χ4v) is 6.16. The topological polar surface area (TPSA) is 84.2 Å². The summed E-state index contributed by atoms with van der Waals surface area (Å²) in [6, 6.07) is 13.4. The van der Waals surface area contributed by atoms with Gasteiger partial charge in [-0.2, -0.15) is 0 Å². The highest BCUT2D eigenvalue weighted by Crippen LogP contribution is 2.36. The monoisotopic (exact) mass is 547 g/mol. The molecular formula is C32H41N3O5. The van der Waals surface area contributed by atoms with Crippen LogP contribution < -0.4 is 20.4 Å². The molecule has 1 aliphatic heterocycles. The number of carbonyl (C=O) groups is 1. The van der Waals surface area contributed by atoms with Crippen molar-refractivity contribution in [3.63, 3.8) is 0 Å². The molecule has 2 fully saturated rings. The Morgan fingerprint density at radius 1 is 1.00 bits per heavy atom. The zero-order valence-corrected chi connectivity index (χ0v) is 23.9. The normalized spacial score (nSPS) is 20.0. The summed E-state index contributed by atoms with van der Waals surface area (Å²) < 4.78 is 17.4. The van der Waals surface area contributed by atoms with Crippen LogP contribution in [0.1, 0.15) is 59.7 Å². The van der Waals surface area contributed by atoms with Gasteiger partial charge in [-0.3, -0.25) is 14.5 Å². The van der Waals surface area contributed by atoms with Gasteiger partial charge in [0.25, 0.3) is 5.91 Å². The van der Waals surface area contributed by atoms with Gasteiger partial charge >= 0.3 is 0 Å². The summed E-state index contributed by atoms with van der Waals surface area (Å²) in [5.41, 5.74) is 2.56. The first-order valence-electron chi connectivity index (χ1n) is 14.5. The molecule has 8 heteroatoms. The number of carbonyl (C=O) groups excluding carboxylic acids is 1. The first-order chi connectivity index (χ1) is 19.5. The second kappa shape index (κ2) is 12.9. The molecule has 1 saturated carbocycles. The molecule has 1 aliphatic carbocycles. The van der Waals surface area contributed by atoms with Gasteiger partial charge in [0.2, 0.25) is 0 Å². The number of piperazine rings is 1. The summed E-state index contributed by atoms with van der Waals surface area (Å²) in [4.78, 5) is 31.3. The molecule has 3 aromatic rings. The molecule has 1 amide bonds. The van der Waals surface area contributed by atoms with Gasteiger partial charge in [0.05, 0.1) is 29.9 Å². The van der Waals surface area contributed by atoms with Crippen LogP contribution in [0.3, 0.4) is 0 Å². The third kappa shape index (κ3) is 6.03. The van der Waals surface area contributed by atoms with Gasteiger partial charge in [0.15, 0.2) is 11.0 Å². The third-order valence-corrected chi connectivity index (χ3v) is 8.54. The van der Waals surface area contributed by atoms with E-state index in [0.717, 1.165) is 82.0 Å². The highest BCUT2D eigenvalue weighted by molar-refractivity contribution is 6.04. The lowest BCUT2D eigenvalue weighted by Crippen LogP contribution is -2.47. The number of hydrogen-bond donors (Lipinski definition) is 1. The number of ether oxygens (including phenoxy) is 2. The van der Waals surface area contributed by atoms with Crippen LogP contribution in [-0.2, 0) is 4.74 Å². The van der Waals surface area contributed by atoms with E-state index in [-0.39, 0.29) is 23.4 Å².